The first-order chi connectivity index (χ1) is 12.1. The maximum absolute atomic E-state index is 14.1. The topological polar surface area (TPSA) is 76.5 Å². The minimum atomic E-state index is -4.62. The number of halogens is 4. The number of aryl methyl sites for hydroxylation is 1. The van der Waals surface area contributed by atoms with Crippen LogP contribution in [0.1, 0.15) is 29.9 Å². The van der Waals surface area contributed by atoms with Gasteiger partial charge in [-0.05, 0) is 26.0 Å². The number of H-pyrrole nitrogens is 1. The highest BCUT2D eigenvalue weighted by atomic mass is 19.4. The van der Waals surface area contributed by atoms with E-state index in [1.54, 1.807) is 13.8 Å². The molecule has 0 amide bonds. The zero-order chi connectivity index (χ0) is 19.1. The molecule has 1 atom stereocenters. The summed E-state index contributed by atoms with van der Waals surface area (Å²) in [5.41, 5.74) is -1.16. The minimum absolute atomic E-state index is 0.0319. The molecule has 2 heterocycles. The lowest BCUT2D eigenvalue weighted by Gasteiger charge is -2.14. The van der Waals surface area contributed by atoms with E-state index in [9.17, 15) is 22.4 Å². The van der Waals surface area contributed by atoms with E-state index >= 15 is 0 Å². The number of alkyl halides is 3. The van der Waals surface area contributed by atoms with Gasteiger partial charge in [0.2, 0.25) is 0 Å². The third-order valence-corrected chi connectivity index (χ3v) is 3.77. The van der Waals surface area contributed by atoms with Crippen LogP contribution in [0.15, 0.2) is 35.4 Å². The normalized spacial score (nSPS) is 13.0. The molecule has 6 nitrogen and oxygen atoms in total. The molecule has 3 rings (SSSR count). The van der Waals surface area contributed by atoms with E-state index in [-0.39, 0.29) is 22.6 Å². The second-order valence-corrected chi connectivity index (χ2v) is 5.67. The van der Waals surface area contributed by atoms with Gasteiger partial charge in [-0.1, -0.05) is 6.07 Å². The predicted molar refractivity (Wildman–Crippen MR) is 83.8 cm³/mol. The van der Waals surface area contributed by atoms with Crippen molar-refractivity contribution >= 4 is 0 Å². The fourth-order valence-electron chi connectivity index (χ4n) is 2.46. The Hall–Kier alpha value is -3.04. The molecule has 0 fully saturated rings. The monoisotopic (exact) mass is 367 g/mol. The molecule has 0 spiro atoms. The number of hydrogen-bond donors (Lipinski definition) is 1. The fourth-order valence-corrected chi connectivity index (χ4v) is 2.46. The zero-order valence-corrected chi connectivity index (χ0v) is 13.7. The quantitative estimate of drug-likeness (QED) is 0.722. The molecular weight excluding hydrogens is 354 g/mol. The first-order valence-corrected chi connectivity index (χ1v) is 7.51. The molecule has 136 valence electrons. The summed E-state index contributed by atoms with van der Waals surface area (Å²) in [5.74, 6) is -0.460. The summed E-state index contributed by atoms with van der Waals surface area (Å²) in [7, 11) is 0. The van der Waals surface area contributed by atoms with E-state index < -0.39 is 23.6 Å². The van der Waals surface area contributed by atoms with Gasteiger partial charge in [-0.15, -0.1) is 5.10 Å². The lowest BCUT2D eigenvalue weighted by Crippen LogP contribution is -2.12. The lowest BCUT2D eigenvalue weighted by molar-refractivity contribution is -0.137. The number of rotatable bonds is 3. The number of benzene rings is 1. The molecule has 3 aromatic rings. The predicted octanol–water partition coefficient (Wildman–Crippen LogP) is 3.10. The van der Waals surface area contributed by atoms with Crippen LogP contribution in [-0.4, -0.2) is 24.7 Å². The molecule has 0 radical (unpaired) electrons. The fraction of sp³-hybridized carbons (Fsp3) is 0.250. The summed E-state index contributed by atoms with van der Waals surface area (Å²) < 4.78 is 53.4. The van der Waals surface area contributed by atoms with Gasteiger partial charge in [-0.2, -0.15) is 13.2 Å². The molecule has 0 bridgehead atoms. The van der Waals surface area contributed by atoms with Crippen molar-refractivity contribution in [2.75, 3.05) is 0 Å². The van der Waals surface area contributed by atoms with E-state index in [0.717, 1.165) is 12.1 Å². The third kappa shape index (κ3) is 3.48. The minimum Gasteiger partial charge on any atom is -0.311 e. The van der Waals surface area contributed by atoms with Crippen LogP contribution >= 0.6 is 0 Å². The van der Waals surface area contributed by atoms with Crippen molar-refractivity contribution in [3.05, 3.63) is 63.7 Å². The van der Waals surface area contributed by atoms with Gasteiger partial charge in [0.1, 0.15) is 23.7 Å². The number of nitrogens with zero attached hydrogens (tertiary/aromatic N) is 4. The highest BCUT2D eigenvalue weighted by Gasteiger charge is 2.31. The van der Waals surface area contributed by atoms with Crippen LogP contribution in [0.4, 0.5) is 17.6 Å². The number of aromatic amines is 1. The van der Waals surface area contributed by atoms with Crippen molar-refractivity contribution in [1.29, 1.82) is 0 Å². The van der Waals surface area contributed by atoms with Crippen LogP contribution < -0.4 is 5.56 Å². The van der Waals surface area contributed by atoms with Crippen LogP contribution in [0.5, 0.6) is 0 Å². The second-order valence-electron chi connectivity index (χ2n) is 5.67. The molecule has 0 saturated carbocycles. The first kappa shape index (κ1) is 17.8. The highest BCUT2D eigenvalue weighted by Crippen LogP contribution is 2.32. The van der Waals surface area contributed by atoms with Gasteiger partial charge in [0, 0.05) is 11.6 Å². The van der Waals surface area contributed by atoms with Crippen molar-refractivity contribution in [2.24, 2.45) is 0 Å². The summed E-state index contributed by atoms with van der Waals surface area (Å²) in [5, 5.41) is 4.15. The van der Waals surface area contributed by atoms with Crippen molar-refractivity contribution in [2.45, 2.75) is 26.1 Å². The van der Waals surface area contributed by atoms with Gasteiger partial charge in [0.25, 0.3) is 5.56 Å². The van der Waals surface area contributed by atoms with Gasteiger partial charge in [0.15, 0.2) is 5.82 Å². The van der Waals surface area contributed by atoms with E-state index in [1.165, 1.54) is 17.1 Å². The molecule has 1 unspecified atom stereocenters. The highest BCUT2D eigenvalue weighted by molar-refractivity contribution is 5.47. The van der Waals surface area contributed by atoms with Gasteiger partial charge in [-0.25, -0.2) is 19.0 Å². The Bertz CT molecular complexity index is 1010. The van der Waals surface area contributed by atoms with E-state index in [2.05, 4.69) is 20.1 Å². The Morgan fingerprint density at radius 2 is 1.96 bits per heavy atom. The molecule has 1 N–H and O–H groups in total. The first-order valence-electron chi connectivity index (χ1n) is 7.51. The largest absolute Gasteiger partial charge is 0.416 e. The van der Waals surface area contributed by atoms with Gasteiger partial charge >= 0.3 is 6.18 Å². The third-order valence-electron chi connectivity index (χ3n) is 3.77. The Kier molecular flexibility index (Phi) is 4.34. The molecular formula is C16H13F4N5O. The van der Waals surface area contributed by atoms with Crippen molar-refractivity contribution in [1.82, 2.24) is 24.7 Å². The maximum atomic E-state index is 14.1. The van der Waals surface area contributed by atoms with Crippen LogP contribution in [0.25, 0.3) is 11.5 Å². The summed E-state index contributed by atoms with van der Waals surface area (Å²) in [6, 6.07) is 2.84. The van der Waals surface area contributed by atoms with E-state index in [1.807, 2.05) is 0 Å². The van der Waals surface area contributed by atoms with Gasteiger partial charge in [0.05, 0.1) is 11.6 Å². The Labute approximate surface area is 144 Å². The molecule has 0 saturated heterocycles. The van der Waals surface area contributed by atoms with Crippen molar-refractivity contribution < 1.29 is 17.6 Å². The van der Waals surface area contributed by atoms with Crippen molar-refractivity contribution in [3.8, 4) is 11.5 Å². The summed E-state index contributed by atoms with van der Waals surface area (Å²) >= 11 is 0. The van der Waals surface area contributed by atoms with Crippen LogP contribution in [-0.2, 0) is 6.18 Å². The smallest absolute Gasteiger partial charge is 0.311 e. The summed E-state index contributed by atoms with van der Waals surface area (Å²) in [6.07, 6.45) is -3.32. The lowest BCUT2D eigenvalue weighted by atomic mass is 10.1. The second kappa shape index (κ2) is 6.36. The summed E-state index contributed by atoms with van der Waals surface area (Å²) in [4.78, 5) is 22.1. The zero-order valence-electron chi connectivity index (χ0n) is 13.7. The SMILES string of the molecule is Cc1nc(-c2ncn(C(C)c3ccc(C(F)(F)F)cc3F)n2)cc(=O)[nH]1. The standard InChI is InChI=1S/C16H13F4N5O/c1-8(11-4-3-10(5-12(11)17)16(18,19)20)25-7-21-15(24-25)13-6-14(26)23-9(2)22-13/h3-8H,1-2H3,(H,22,23,26). The number of nitrogens with one attached hydrogen (secondary N) is 1. The van der Waals surface area contributed by atoms with Crippen LogP contribution in [0.2, 0.25) is 0 Å². The molecule has 10 heteroatoms. The van der Waals surface area contributed by atoms with E-state index in [4.69, 9.17) is 0 Å². The molecule has 0 aliphatic carbocycles. The Morgan fingerprint density at radius 3 is 2.58 bits per heavy atom. The average molecular weight is 367 g/mol. The number of hydrogen-bond acceptors (Lipinski definition) is 4. The van der Waals surface area contributed by atoms with Gasteiger partial charge < -0.3 is 4.98 Å². The van der Waals surface area contributed by atoms with Crippen molar-refractivity contribution in [3.63, 3.8) is 0 Å². The molecule has 0 aliphatic heterocycles. The van der Waals surface area contributed by atoms with Crippen LogP contribution in [0.3, 0.4) is 0 Å². The Morgan fingerprint density at radius 1 is 1.23 bits per heavy atom. The maximum Gasteiger partial charge on any atom is 0.416 e. The van der Waals surface area contributed by atoms with Gasteiger partial charge in [-0.3, -0.25) is 4.79 Å². The summed E-state index contributed by atoms with van der Waals surface area (Å²) in [6.45, 7) is 3.17. The van der Waals surface area contributed by atoms with E-state index in [0.29, 0.717) is 11.9 Å². The average Bonchev–Trinajstić information content (AvgIpc) is 3.02. The molecule has 26 heavy (non-hydrogen) atoms. The number of aromatic nitrogens is 5. The molecule has 2 aromatic heterocycles. The van der Waals surface area contributed by atoms with Crippen LogP contribution in [0, 0.1) is 12.7 Å². The molecule has 0 aliphatic rings. The Balaban J connectivity index is 1.93. The molecule has 1 aromatic carbocycles.